The molecule has 260 valence electrons. The fourth-order valence-electron chi connectivity index (χ4n) is 5.40. The van der Waals surface area contributed by atoms with Crippen LogP contribution in [0.4, 0.5) is 28.4 Å². The van der Waals surface area contributed by atoms with Crippen molar-refractivity contribution in [1.82, 2.24) is 0 Å². The molecule has 0 spiro atoms. The summed E-state index contributed by atoms with van der Waals surface area (Å²) in [6, 6.07) is 23.6. The van der Waals surface area contributed by atoms with Crippen LogP contribution < -0.4 is 74.3 Å². The summed E-state index contributed by atoms with van der Waals surface area (Å²) in [4.78, 5) is -2.10. The van der Waals surface area contributed by atoms with Gasteiger partial charge >= 0.3 is 59.1 Å². The number of hydrogen-bond donors (Lipinski definition) is 4. The SMILES string of the molecule is COc1cc(-c2ccc(N=Nc3c(O)ccc4ccccc34)c(OC)c2)ccc1N=Nc1ccc2c(S(=O)(=O)[O-])cc(S(=O)(=O)O)c(N)c2c1O.[Na+].[Na+]. The van der Waals surface area contributed by atoms with Gasteiger partial charge in [-0.25, -0.2) is 8.42 Å². The number of ether oxygens (including phenoxy) is 2. The molecule has 53 heavy (non-hydrogen) atoms. The Labute approximate surface area is 347 Å². The number of methoxy groups -OCH3 is 2. The third-order valence-electron chi connectivity index (χ3n) is 7.86. The van der Waals surface area contributed by atoms with Gasteiger partial charge in [0.2, 0.25) is 0 Å². The van der Waals surface area contributed by atoms with Crippen molar-refractivity contribution in [2.45, 2.75) is 9.79 Å². The molecule has 0 amide bonds. The van der Waals surface area contributed by atoms with E-state index in [4.69, 9.17) is 15.2 Å². The number of hydrogen-bond acceptors (Lipinski definition) is 14. The molecule has 0 saturated carbocycles. The summed E-state index contributed by atoms with van der Waals surface area (Å²) in [5, 5.41) is 38.9. The van der Waals surface area contributed by atoms with Crippen LogP contribution in [-0.4, -0.2) is 50.4 Å². The quantitative estimate of drug-likeness (QED) is 0.0712. The number of phenolic OH excluding ortho intramolecular Hbond substituents is 2. The first-order valence-electron chi connectivity index (χ1n) is 14.6. The number of nitrogens with two attached hydrogens (primary N) is 1. The van der Waals surface area contributed by atoms with Crippen molar-refractivity contribution in [3.05, 3.63) is 91.0 Å². The van der Waals surface area contributed by atoms with Gasteiger partial charge in [-0.3, -0.25) is 4.55 Å². The van der Waals surface area contributed by atoms with Crippen LogP contribution in [-0.2, 0) is 20.2 Å². The van der Waals surface area contributed by atoms with Gasteiger partial charge in [0.1, 0.15) is 55.0 Å². The molecule has 0 bridgehead atoms. The minimum absolute atomic E-state index is 0. The van der Waals surface area contributed by atoms with Gasteiger partial charge in [-0.15, -0.1) is 20.5 Å². The second-order valence-electron chi connectivity index (χ2n) is 10.9. The summed E-state index contributed by atoms with van der Waals surface area (Å²) >= 11 is 0. The molecule has 0 unspecified atom stereocenters. The van der Waals surface area contributed by atoms with E-state index in [-0.39, 0.29) is 87.4 Å². The predicted octanol–water partition coefficient (Wildman–Crippen LogP) is 1.66. The number of aromatic hydroxyl groups is 2. The Morgan fingerprint density at radius 1 is 0.660 bits per heavy atom. The molecule has 0 saturated heterocycles. The number of nitrogens with zero attached hydrogens (tertiary/aromatic N) is 4. The van der Waals surface area contributed by atoms with E-state index in [1.165, 1.54) is 14.2 Å². The Bertz CT molecular complexity index is 2680. The summed E-state index contributed by atoms with van der Waals surface area (Å²) in [6.07, 6.45) is 0. The van der Waals surface area contributed by atoms with Crippen molar-refractivity contribution in [3.63, 3.8) is 0 Å². The second kappa shape index (κ2) is 16.5. The Morgan fingerprint density at radius 3 is 1.77 bits per heavy atom. The summed E-state index contributed by atoms with van der Waals surface area (Å²) < 4.78 is 80.1. The topological polar surface area (TPSA) is 246 Å². The second-order valence-corrected chi connectivity index (χ2v) is 13.6. The van der Waals surface area contributed by atoms with Crippen molar-refractivity contribution < 1.29 is 105 Å². The van der Waals surface area contributed by atoms with E-state index in [9.17, 15) is 36.2 Å². The fourth-order valence-corrected chi connectivity index (χ4v) is 6.82. The average molecular weight is 775 g/mol. The smallest absolute Gasteiger partial charge is 0.744 e. The maximum absolute atomic E-state index is 11.9. The minimum atomic E-state index is -5.27. The van der Waals surface area contributed by atoms with Crippen LogP contribution in [0.3, 0.4) is 0 Å². The molecule has 19 heteroatoms. The molecule has 6 rings (SSSR count). The molecule has 0 aliphatic rings. The van der Waals surface area contributed by atoms with Gasteiger partial charge in [0.25, 0.3) is 10.1 Å². The van der Waals surface area contributed by atoms with Gasteiger partial charge in [-0.2, -0.15) is 8.42 Å². The van der Waals surface area contributed by atoms with Crippen molar-refractivity contribution >= 4 is 70.2 Å². The molecule has 0 aromatic heterocycles. The first-order valence-corrected chi connectivity index (χ1v) is 17.5. The molecule has 6 aromatic carbocycles. The molecule has 0 heterocycles. The Kier molecular flexibility index (Phi) is 12.9. The third kappa shape index (κ3) is 8.49. The van der Waals surface area contributed by atoms with Crippen molar-refractivity contribution in [2.24, 2.45) is 20.5 Å². The number of nitrogen functional groups attached to an aromatic ring is 1. The van der Waals surface area contributed by atoms with E-state index in [1.807, 2.05) is 24.3 Å². The number of azo groups is 2. The maximum Gasteiger partial charge on any atom is 1.00 e. The summed E-state index contributed by atoms with van der Waals surface area (Å²) in [5.74, 6) is -0.152. The average Bonchev–Trinajstić information content (AvgIpc) is 3.09. The number of benzene rings is 6. The maximum atomic E-state index is 11.9. The van der Waals surface area contributed by atoms with Crippen LogP contribution >= 0.6 is 0 Å². The van der Waals surface area contributed by atoms with E-state index < -0.39 is 46.9 Å². The Morgan fingerprint density at radius 2 is 1.21 bits per heavy atom. The van der Waals surface area contributed by atoms with Crippen LogP contribution in [0.1, 0.15) is 0 Å². The van der Waals surface area contributed by atoms with Crippen molar-refractivity contribution in [1.29, 1.82) is 0 Å². The summed E-state index contributed by atoms with van der Waals surface area (Å²) in [7, 11) is -7.48. The Hall–Kier alpha value is -4.14. The molecular formula is C34H26N5Na2O10S2+. The molecule has 0 aliphatic carbocycles. The predicted molar refractivity (Wildman–Crippen MR) is 187 cm³/mol. The molecule has 5 N–H and O–H groups in total. The van der Waals surface area contributed by atoms with Crippen molar-refractivity contribution in [2.75, 3.05) is 20.0 Å². The molecule has 0 aliphatic heterocycles. The van der Waals surface area contributed by atoms with Crippen molar-refractivity contribution in [3.8, 4) is 34.1 Å². The van der Waals surface area contributed by atoms with Gasteiger partial charge < -0.3 is 30.0 Å². The zero-order valence-electron chi connectivity index (χ0n) is 28.5. The number of phenols is 2. The summed E-state index contributed by atoms with van der Waals surface area (Å²) in [6.45, 7) is 0. The van der Waals surface area contributed by atoms with E-state index in [1.54, 1.807) is 48.5 Å². The Balaban J connectivity index is 0.00000314. The van der Waals surface area contributed by atoms with Gasteiger partial charge in [0.05, 0.1) is 30.2 Å². The van der Waals surface area contributed by atoms with Gasteiger partial charge in [0, 0.05) is 10.8 Å². The van der Waals surface area contributed by atoms with E-state index in [0.29, 0.717) is 34.3 Å². The largest absolute Gasteiger partial charge is 1.00 e. The van der Waals surface area contributed by atoms with Crippen LogP contribution in [0, 0.1) is 0 Å². The van der Waals surface area contributed by atoms with E-state index in [2.05, 4.69) is 20.5 Å². The molecule has 0 radical (unpaired) electrons. The number of rotatable bonds is 9. The molecule has 15 nitrogen and oxygen atoms in total. The fraction of sp³-hybridized carbons (Fsp3) is 0.0588. The standard InChI is InChI=1S/C34H27N5O10S2.2Na/c1-48-27-15-19(20-8-12-24(28(16-20)49-2)37-39-33-21-6-4-3-5-18(21)9-14-26(33)40)7-11-23(27)36-38-25-13-10-22-29(50(42,43)44)17-30(51(45,46)47)32(35)31(22)34(25)41;;/h3-17,40-41H,35H2,1-2H3,(H,42,43,44)(H,45,46,47);;/q;2*+1/p-1. The van der Waals surface area contributed by atoms with E-state index in [0.717, 1.165) is 22.9 Å². The zero-order chi connectivity index (χ0) is 36.7. The number of anilines is 1. The van der Waals surface area contributed by atoms with Gasteiger partial charge in [-0.05, 0) is 59.0 Å². The van der Waals surface area contributed by atoms with E-state index >= 15 is 0 Å². The molecule has 0 atom stereocenters. The normalized spacial score (nSPS) is 11.8. The van der Waals surface area contributed by atoms with Crippen LogP contribution in [0.15, 0.2) is 121 Å². The third-order valence-corrected chi connectivity index (χ3v) is 9.63. The minimum Gasteiger partial charge on any atom is -0.744 e. The molecular weight excluding hydrogens is 749 g/mol. The monoisotopic (exact) mass is 774 g/mol. The van der Waals surface area contributed by atoms with Crippen LogP contribution in [0.25, 0.3) is 32.7 Å². The van der Waals surface area contributed by atoms with Crippen LogP contribution in [0.2, 0.25) is 0 Å². The summed E-state index contributed by atoms with van der Waals surface area (Å²) in [5.41, 5.74) is 7.24. The first-order chi connectivity index (χ1) is 24.2. The van der Waals surface area contributed by atoms with Crippen LogP contribution in [0.5, 0.6) is 23.0 Å². The van der Waals surface area contributed by atoms with Gasteiger partial charge in [0.15, 0.2) is 5.75 Å². The number of fused-ring (bicyclic) bond motifs is 2. The zero-order valence-corrected chi connectivity index (χ0v) is 34.2. The first kappa shape index (κ1) is 41.6. The molecule has 0 fully saturated rings. The molecule has 6 aromatic rings. The van der Waals surface area contributed by atoms with Gasteiger partial charge in [-0.1, -0.05) is 48.5 Å².